The lowest BCUT2D eigenvalue weighted by molar-refractivity contribution is -0.148. The van der Waals surface area contributed by atoms with E-state index in [1.165, 1.54) is 39.3 Å². The van der Waals surface area contributed by atoms with E-state index in [9.17, 15) is 4.79 Å². The van der Waals surface area contributed by atoms with Crippen LogP contribution in [-0.4, -0.2) is 50.2 Å². The van der Waals surface area contributed by atoms with Crippen LogP contribution in [-0.2, 0) is 9.53 Å². The van der Waals surface area contributed by atoms with Crippen LogP contribution in [0.25, 0.3) is 0 Å². The van der Waals surface area contributed by atoms with E-state index in [1.807, 2.05) is 0 Å². The quantitative estimate of drug-likeness (QED) is 0.706. The molecule has 0 atom stereocenters. The predicted molar refractivity (Wildman–Crippen MR) is 69.0 cm³/mol. The number of likely N-dealkylation sites (tertiary alicyclic amines) is 1. The summed E-state index contributed by atoms with van der Waals surface area (Å²) in [7, 11) is 2.09. The van der Waals surface area contributed by atoms with E-state index in [2.05, 4.69) is 17.3 Å². The van der Waals surface area contributed by atoms with Crippen LogP contribution in [0.4, 0.5) is 0 Å². The molecule has 0 aromatic carbocycles. The molecular weight excluding hydrogens is 216 g/mol. The van der Waals surface area contributed by atoms with Crippen molar-refractivity contribution in [3.8, 4) is 0 Å². The first-order valence-electron chi connectivity index (χ1n) is 6.75. The number of carbonyl (C=O) groups is 1. The van der Waals surface area contributed by atoms with Crippen molar-refractivity contribution in [2.75, 3.05) is 33.2 Å². The van der Waals surface area contributed by atoms with Crippen LogP contribution in [0, 0.1) is 0 Å². The van der Waals surface area contributed by atoms with Gasteiger partial charge in [0.1, 0.15) is 6.10 Å². The summed E-state index contributed by atoms with van der Waals surface area (Å²) < 4.78 is 5.07. The van der Waals surface area contributed by atoms with Crippen molar-refractivity contribution >= 4 is 5.97 Å². The van der Waals surface area contributed by atoms with Crippen molar-refractivity contribution in [2.24, 2.45) is 0 Å². The number of nitrogens with zero attached hydrogens (tertiary/aromatic N) is 1. The summed E-state index contributed by atoms with van der Waals surface area (Å²) in [5, 5.41) is 3.28. The Bertz CT molecular complexity index is 198. The average Bonchev–Trinajstić information content (AvgIpc) is 2.35. The lowest BCUT2D eigenvalue weighted by Crippen LogP contribution is -2.34. The van der Waals surface area contributed by atoms with Crippen molar-refractivity contribution in [1.82, 2.24) is 10.2 Å². The summed E-state index contributed by atoms with van der Waals surface area (Å²) in [6, 6.07) is 0. The number of hydrogen-bond donors (Lipinski definition) is 1. The van der Waals surface area contributed by atoms with Crippen LogP contribution in [0.5, 0.6) is 0 Å². The first-order chi connectivity index (χ1) is 8.18. The van der Waals surface area contributed by atoms with Crippen LogP contribution >= 0.6 is 0 Å². The van der Waals surface area contributed by atoms with Gasteiger partial charge in [-0.05, 0) is 45.8 Å². The minimum absolute atomic E-state index is 0.153. The molecule has 0 amide bonds. The number of rotatable bonds is 1. The minimum atomic E-state index is -0.153. The molecule has 0 bridgehead atoms. The van der Waals surface area contributed by atoms with Gasteiger partial charge in [-0.15, -0.1) is 0 Å². The molecule has 2 aliphatic rings. The third-order valence-corrected chi connectivity index (χ3v) is 3.21. The molecule has 0 aromatic heterocycles. The molecule has 4 heteroatoms. The Morgan fingerprint density at radius 2 is 1.76 bits per heavy atom. The van der Waals surface area contributed by atoms with Crippen molar-refractivity contribution in [3.63, 3.8) is 0 Å². The molecule has 2 saturated heterocycles. The van der Waals surface area contributed by atoms with Gasteiger partial charge in [0.2, 0.25) is 0 Å². The van der Waals surface area contributed by atoms with E-state index < -0.39 is 0 Å². The van der Waals surface area contributed by atoms with Crippen LogP contribution in [0.1, 0.15) is 39.0 Å². The van der Waals surface area contributed by atoms with Crippen LogP contribution in [0.15, 0.2) is 0 Å². The van der Waals surface area contributed by atoms with Crippen LogP contribution in [0.3, 0.4) is 0 Å². The van der Waals surface area contributed by atoms with Crippen molar-refractivity contribution in [3.05, 3.63) is 0 Å². The van der Waals surface area contributed by atoms with E-state index >= 15 is 0 Å². The fraction of sp³-hybridized carbons (Fsp3) is 0.923. The van der Waals surface area contributed by atoms with Gasteiger partial charge >= 0.3 is 5.97 Å². The number of ether oxygens (including phenoxy) is 1. The van der Waals surface area contributed by atoms with Gasteiger partial charge in [0.15, 0.2) is 0 Å². The monoisotopic (exact) mass is 242 g/mol. The zero-order valence-corrected chi connectivity index (χ0v) is 11.2. The fourth-order valence-electron chi connectivity index (χ4n) is 2.14. The minimum Gasteiger partial charge on any atom is -0.462 e. The van der Waals surface area contributed by atoms with Gasteiger partial charge in [-0.3, -0.25) is 4.79 Å². The highest BCUT2D eigenvalue weighted by Gasteiger charge is 2.18. The second-order valence-corrected chi connectivity index (χ2v) is 4.92. The summed E-state index contributed by atoms with van der Waals surface area (Å²) in [6.07, 6.45) is 6.35. The summed E-state index contributed by atoms with van der Waals surface area (Å²) >= 11 is 0. The summed E-state index contributed by atoms with van der Waals surface area (Å²) in [5.41, 5.74) is 0. The maximum atomic E-state index is 10.6. The van der Waals surface area contributed by atoms with E-state index in [4.69, 9.17) is 4.74 Å². The lowest BCUT2D eigenvalue weighted by Gasteiger charge is -2.28. The summed E-state index contributed by atoms with van der Waals surface area (Å²) in [4.78, 5) is 12.8. The normalized spacial score (nSPS) is 22.5. The highest BCUT2D eigenvalue weighted by molar-refractivity contribution is 5.66. The molecule has 0 spiro atoms. The highest BCUT2D eigenvalue weighted by atomic mass is 16.5. The van der Waals surface area contributed by atoms with Crippen molar-refractivity contribution < 1.29 is 9.53 Å². The Morgan fingerprint density at radius 3 is 2.12 bits per heavy atom. The van der Waals surface area contributed by atoms with Gasteiger partial charge in [0.25, 0.3) is 0 Å². The molecule has 2 heterocycles. The van der Waals surface area contributed by atoms with Gasteiger partial charge in [-0.25, -0.2) is 0 Å². The first-order valence-corrected chi connectivity index (χ1v) is 6.75. The van der Waals surface area contributed by atoms with Crippen molar-refractivity contribution in [2.45, 2.75) is 45.1 Å². The van der Waals surface area contributed by atoms with E-state index in [0.29, 0.717) is 0 Å². The fourth-order valence-corrected chi connectivity index (χ4v) is 2.14. The smallest absolute Gasteiger partial charge is 0.302 e. The lowest BCUT2D eigenvalue weighted by atomic mass is 10.1. The van der Waals surface area contributed by atoms with Crippen LogP contribution in [0.2, 0.25) is 0 Å². The van der Waals surface area contributed by atoms with Crippen molar-refractivity contribution in [1.29, 1.82) is 0 Å². The summed E-state index contributed by atoms with van der Waals surface area (Å²) in [6.45, 7) is 6.05. The Balaban J connectivity index is 0.000000202. The molecule has 0 unspecified atom stereocenters. The second kappa shape index (κ2) is 8.48. The zero-order chi connectivity index (χ0) is 12.5. The average molecular weight is 242 g/mol. The Kier molecular flexibility index (Phi) is 7.21. The van der Waals surface area contributed by atoms with Gasteiger partial charge in [-0.2, -0.15) is 0 Å². The Hall–Kier alpha value is -0.610. The van der Waals surface area contributed by atoms with Gasteiger partial charge in [-0.1, -0.05) is 6.42 Å². The molecule has 0 saturated carbocycles. The molecule has 2 aliphatic heterocycles. The second-order valence-electron chi connectivity index (χ2n) is 4.92. The van der Waals surface area contributed by atoms with Gasteiger partial charge in [0.05, 0.1) is 0 Å². The molecule has 4 nitrogen and oxygen atoms in total. The standard InChI is InChI=1S/C8H15NO2.C5H11N/c1-7(10)11-8-3-5-9(2)6-4-8;1-2-4-6-5-3-1/h8H,3-6H2,1-2H3;6H,1-5H2. The predicted octanol–water partition coefficient (Wildman–Crippen LogP) is 1.40. The number of piperidine rings is 2. The first kappa shape index (κ1) is 14.5. The third-order valence-electron chi connectivity index (χ3n) is 3.21. The molecule has 0 radical (unpaired) electrons. The molecular formula is C13H26N2O2. The Morgan fingerprint density at radius 1 is 1.18 bits per heavy atom. The largest absolute Gasteiger partial charge is 0.462 e. The van der Waals surface area contributed by atoms with Crippen LogP contribution < -0.4 is 5.32 Å². The third kappa shape index (κ3) is 7.34. The van der Waals surface area contributed by atoms with Gasteiger partial charge < -0.3 is 15.0 Å². The van der Waals surface area contributed by atoms with E-state index in [0.717, 1.165) is 25.9 Å². The highest BCUT2D eigenvalue weighted by Crippen LogP contribution is 2.11. The summed E-state index contributed by atoms with van der Waals surface area (Å²) in [5.74, 6) is -0.153. The Labute approximate surface area is 105 Å². The SMILES string of the molecule is C1CCNCC1.CC(=O)OC1CCN(C)CC1. The number of esters is 1. The molecule has 2 rings (SSSR count). The number of carbonyl (C=O) groups excluding carboxylic acids is 1. The topological polar surface area (TPSA) is 41.6 Å². The molecule has 100 valence electrons. The molecule has 17 heavy (non-hydrogen) atoms. The molecule has 0 aliphatic carbocycles. The number of hydrogen-bond acceptors (Lipinski definition) is 4. The number of nitrogens with one attached hydrogen (secondary N) is 1. The molecule has 1 N–H and O–H groups in total. The molecule has 0 aromatic rings. The maximum absolute atomic E-state index is 10.6. The zero-order valence-electron chi connectivity index (χ0n) is 11.2. The maximum Gasteiger partial charge on any atom is 0.302 e. The van der Waals surface area contributed by atoms with E-state index in [-0.39, 0.29) is 12.1 Å². The van der Waals surface area contributed by atoms with E-state index in [1.54, 1.807) is 0 Å². The molecule has 2 fully saturated rings. The van der Waals surface area contributed by atoms with Gasteiger partial charge in [0, 0.05) is 20.0 Å².